The van der Waals surface area contributed by atoms with Gasteiger partial charge in [-0.25, -0.2) is 0 Å². The summed E-state index contributed by atoms with van der Waals surface area (Å²) in [7, 11) is 3.35. The first-order chi connectivity index (χ1) is 10.2. The predicted octanol–water partition coefficient (Wildman–Crippen LogP) is 2.57. The van der Waals surface area contributed by atoms with Crippen molar-refractivity contribution in [2.24, 2.45) is 0 Å². The van der Waals surface area contributed by atoms with Gasteiger partial charge < -0.3 is 14.8 Å². The lowest BCUT2D eigenvalue weighted by molar-refractivity contribution is -0.690. The van der Waals surface area contributed by atoms with E-state index in [1.807, 2.05) is 12.1 Å². The van der Waals surface area contributed by atoms with Gasteiger partial charge in [-0.2, -0.15) is 0 Å². The lowest BCUT2D eigenvalue weighted by atomic mass is 9.89. The maximum absolute atomic E-state index is 5.99. The fourth-order valence-electron chi connectivity index (χ4n) is 2.96. The Morgan fingerprint density at radius 2 is 1.71 bits per heavy atom. The van der Waals surface area contributed by atoms with Gasteiger partial charge in [0.15, 0.2) is 11.5 Å². The standard InChI is InChI=1S/C17H18ClNO2/c1-20-15-9-12-7-8-19-17(14(12)10-16(15)21-2)11-3-5-13(18)6-4-11/h3-6,9-10,17,19H,7-8H2,1-2H3/p+1/t17-/m0/s1. The van der Waals surface area contributed by atoms with Crippen LogP contribution < -0.4 is 14.8 Å². The average molecular weight is 305 g/mol. The molecule has 1 heterocycles. The molecule has 4 heteroatoms. The summed E-state index contributed by atoms with van der Waals surface area (Å²) in [4.78, 5) is 0. The summed E-state index contributed by atoms with van der Waals surface area (Å²) in [5, 5.41) is 3.12. The van der Waals surface area contributed by atoms with E-state index in [1.54, 1.807) is 14.2 Å². The largest absolute Gasteiger partial charge is 0.493 e. The molecule has 0 unspecified atom stereocenters. The maximum atomic E-state index is 5.99. The molecule has 0 aromatic heterocycles. The highest BCUT2D eigenvalue weighted by Crippen LogP contribution is 2.35. The molecular formula is C17H19ClNO2+. The second-order valence-electron chi connectivity index (χ2n) is 5.21. The van der Waals surface area contributed by atoms with Gasteiger partial charge in [0.05, 0.1) is 20.8 Å². The first-order valence-corrected chi connectivity index (χ1v) is 7.44. The first-order valence-electron chi connectivity index (χ1n) is 7.06. The van der Waals surface area contributed by atoms with E-state index in [2.05, 4.69) is 29.6 Å². The average Bonchev–Trinajstić information content (AvgIpc) is 2.53. The Hall–Kier alpha value is -1.71. The van der Waals surface area contributed by atoms with E-state index in [0.717, 1.165) is 29.5 Å². The molecule has 3 rings (SSSR count). The van der Waals surface area contributed by atoms with E-state index in [0.29, 0.717) is 0 Å². The minimum Gasteiger partial charge on any atom is -0.493 e. The fourth-order valence-corrected chi connectivity index (χ4v) is 3.09. The Labute approximate surface area is 129 Å². The molecule has 0 saturated heterocycles. The molecule has 2 aromatic rings. The van der Waals surface area contributed by atoms with Crippen molar-refractivity contribution in [1.29, 1.82) is 0 Å². The minimum absolute atomic E-state index is 0.283. The van der Waals surface area contributed by atoms with Crippen molar-refractivity contribution in [1.82, 2.24) is 0 Å². The Bertz CT molecular complexity index is 640. The van der Waals surface area contributed by atoms with Crippen LogP contribution >= 0.6 is 11.6 Å². The van der Waals surface area contributed by atoms with Gasteiger partial charge in [0.2, 0.25) is 0 Å². The summed E-state index contributed by atoms with van der Waals surface area (Å²) in [5.41, 5.74) is 3.88. The number of quaternary nitrogens is 1. The molecule has 0 radical (unpaired) electrons. The van der Waals surface area contributed by atoms with Crippen LogP contribution in [0.2, 0.25) is 5.02 Å². The van der Waals surface area contributed by atoms with Crippen molar-refractivity contribution in [2.45, 2.75) is 12.5 Å². The van der Waals surface area contributed by atoms with E-state index >= 15 is 0 Å². The van der Waals surface area contributed by atoms with Crippen molar-refractivity contribution in [3.63, 3.8) is 0 Å². The van der Waals surface area contributed by atoms with Gasteiger partial charge in [-0.05, 0) is 29.8 Å². The monoisotopic (exact) mass is 304 g/mol. The molecule has 21 heavy (non-hydrogen) atoms. The Morgan fingerprint density at radius 3 is 2.38 bits per heavy atom. The SMILES string of the molecule is COc1cc2c(cc1OC)[C@H](c1ccc(Cl)cc1)[NH2+]CC2. The molecule has 0 spiro atoms. The van der Waals surface area contributed by atoms with Crippen molar-refractivity contribution < 1.29 is 14.8 Å². The van der Waals surface area contributed by atoms with Crippen molar-refractivity contribution in [3.8, 4) is 11.5 Å². The van der Waals surface area contributed by atoms with Gasteiger partial charge in [0.25, 0.3) is 0 Å². The number of hydrogen-bond acceptors (Lipinski definition) is 2. The summed E-state index contributed by atoms with van der Waals surface area (Å²) >= 11 is 5.99. The van der Waals surface area contributed by atoms with Crippen molar-refractivity contribution >= 4 is 11.6 Å². The number of ether oxygens (including phenoxy) is 2. The summed E-state index contributed by atoms with van der Waals surface area (Å²) in [6.45, 7) is 1.07. The van der Waals surface area contributed by atoms with Crippen molar-refractivity contribution in [3.05, 3.63) is 58.1 Å². The molecule has 0 bridgehead atoms. The highest BCUT2D eigenvalue weighted by Gasteiger charge is 2.27. The quantitative estimate of drug-likeness (QED) is 0.946. The van der Waals surface area contributed by atoms with E-state index in [4.69, 9.17) is 21.1 Å². The fraction of sp³-hybridized carbons (Fsp3) is 0.294. The zero-order valence-electron chi connectivity index (χ0n) is 12.2. The second kappa shape index (κ2) is 5.96. The molecule has 2 aromatic carbocycles. The molecule has 0 aliphatic carbocycles. The molecule has 3 nitrogen and oxygen atoms in total. The minimum atomic E-state index is 0.283. The summed E-state index contributed by atoms with van der Waals surface area (Å²) < 4.78 is 10.9. The molecular weight excluding hydrogens is 286 g/mol. The number of halogens is 1. The molecule has 2 N–H and O–H groups in total. The number of hydrogen-bond donors (Lipinski definition) is 1. The maximum Gasteiger partial charge on any atom is 0.161 e. The van der Waals surface area contributed by atoms with E-state index in [-0.39, 0.29) is 6.04 Å². The third-order valence-corrected chi connectivity index (χ3v) is 4.28. The Balaban J connectivity index is 2.06. The van der Waals surface area contributed by atoms with E-state index in [9.17, 15) is 0 Å². The second-order valence-corrected chi connectivity index (χ2v) is 5.65. The number of nitrogens with two attached hydrogens (primary N) is 1. The lowest BCUT2D eigenvalue weighted by Gasteiger charge is -2.25. The van der Waals surface area contributed by atoms with Gasteiger partial charge in [0.1, 0.15) is 6.04 Å². The molecule has 0 fully saturated rings. The zero-order valence-corrected chi connectivity index (χ0v) is 13.0. The Morgan fingerprint density at radius 1 is 1.05 bits per heavy atom. The van der Waals surface area contributed by atoms with Gasteiger partial charge in [-0.15, -0.1) is 0 Å². The number of rotatable bonds is 3. The Kier molecular flexibility index (Phi) is 4.04. The summed E-state index contributed by atoms with van der Waals surface area (Å²) in [5.74, 6) is 1.58. The van der Waals surface area contributed by atoms with Crippen LogP contribution in [0.5, 0.6) is 11.5 Å². The molecule has 110 valence electrons. The molecule has 1 aliphatic rings. The van der Waals surface area contributed by atoms with Crippen LogP contribution in [-0.2, 0) is 6.42 Å². The molecule has 0 saturated carbocycles. The third kappa shape index (κ3) is 2.71. The number of fused-ring (bicyclic) bond motifs is 1. The molecule has 1 atom stereocenters. The summed E-state index contributed by atoms with van der Waals surface area (Å²) in [6, 6.07) is 12.6. The molecule has 0 amide bonds. The van der Waals surface area contributed by atoms with E-state index in [1.165, 1.54) is 16.7 Å². The van der Waals surface area contributed by atoms with Gasteiger partial charge in [0, 0.05) is 22.6 Å². The first kappa shape index (κ1) is 14.2. The van der Waals surface area contributed by atoms with Gasteiger partial charge >= 0.3 is 0 Å². The molecule has 1 aliphatic heterocycles. The third-order valence-electron chi connectivity index (χ3n) is 4.03. The van der Waals surface area contributed by atoms with Gasteiger partial charge in [-0.3, -0.25) is 0 Å². The van der Waals surface area contributed by atoms with Gasteiger partial charge in [-0.1, -0.05) is 23.7 Å². The van der Waals surface area contributed by atoms with Crippen molar-refractivity contribution in [2.75, 3.05) is 20.8 Å². The van der Waals surface area contributed by atoms with Crippen LogP contribution in [0.1, 0.15) is 22.7 Å². The number of benzene rings is 2. The van der Waals surface area contributed by atoms with E-state index < -0.39 is 0 Å². The highest BCUT2D eigenvalue weighted by atomic mass is 35.5. The predicted molar refractivity (Wildman–Crippen MR) is 83.3 cm³/mol. The highest BCUT2D eigenvalue weighted by molar-refractivity contribution is 6.30. The van der Waals surface area contributed by atoms with Crippen LogP contribution in [0.15, 0.2) is 36.4 Å². The van der Waals surface area contributed by atoms with Crippen LogP contribution in [0, 0.1) is 0 Å². The number of methoxy groups -OCH3 is 2. The topological polar surface area (TPSA) is 35.1 Å². The zero-order chi connectivity index (χ0) is 14.8. The lowest BCUT2D eigenvalue weighted by Crippen LogP contribution is -2.87. The normalized spacial score (nSPS) is 17.2. The summed E-state index contributed by atoms with van der Waals surface area (Å²) in [6.07, 6.45) is 1.04. The van der Waals surface area contributed by atoms with Crippen LogP contribution in [0.3, 0.4) is 0 Å². The van der Waals surface area contributed by atoms with Crippen LogP contribution in [0.25, 0.3) is 0 Å². The van der Waals surface area contributed by atoms with Crippen LogP contribution in [-0.4, -0.2) is 20.8 Å². The van der Waals surface area contributed by atoms with Crippen LogP contribution in [0.4, 0.5) is 0 Å². The smallest absolute Gasteiger partial charge is 0.161 e.